The number of carbonyl (C=O) groups is 2. The lowest BCUT2D eigenvalue weighted by Crippen LogP contribution is -2.37. The second-order valence-corrected chi connectivity index (χ2v) is 6.82. The van der Waals surface area contributed by atoms with Crippen LogP contribution in [0.1, 0.15) is 16.9 Å². The zero-order valence-electron chi connectivity index (χ0n) is 13.1. The maximum Gasteiger partial charge on any atom is 0.239 e. The Morgan fingerprint density at radius 1 is 1.35 bits per heavy atom. The summed E-state index contributed by atoms with van der Waals surface area (Å²) in [6, 6.07) is 11.9. The first-order chi connectivity index (χ1) is 11.1. The first kappa shape index (κ1) is 15.7. The van der Waals surface area contributed by atoms with Crippen molar-refractivity contribution in [3.8, 4) is 0 Å². The summed E-state index contributed by atoms with van der Waals surface area (Å²) in [6.07, 6.45) is 1.39. The van der Waals surface area contributed by atoms with Gasteiger partial charge in [-0.05, 0) is 48.9 Å². The van der Waals surface area contributed by atoms with Crippen molar-refractivity contribution in [2.75, 3.05) is 18.0 Å². The van der Waals surface area contributed by atoms with E-state index >= 15 is 0 Å². The van der Waals surface area contributed by atoms with Gasteiger partial charge >= 0.3 is 0 Å². The van der Waals surface area contributed by atoms with Crippen molar-refractivity contribution in [3.63, 3.8) is 0 Å². The van der Waals surface area contributed by atoms with Gasteiger partial charge in [-0.15, -0.1) is 11.3 Å². The van der Waals surface area contributed by atoms with Crippen molar-refractivity contribution in [2.24, 2.45) is 5.92 Å². The van der Waals surface area contributed by atoms with Crippen molar-refractivity contribution < 1.29 is 9.59 Å². The van der Waals surface area contributed by atoms with Crippen molar-refractivity contribution in [2.45, 2.75) is 19.8 Å². The molecule has 0 bridgehead atoms. The number of hydrogen-bond donors (Lipinski definition) is 1. The number of hydrogen-bond acceptors (Lipinski definition) is 3. The third kappa shape index (κ3) is 3.62. The average molecular weight is 328 g/mol. The second-order valence-electron chi connectivity index (χ2n) is 5.79. The largest absolute Gasteiger partial charge is 0.355 e. The molecule has 5 heteroatoms. The molecule has 2 amide bonds. The molecule has 1 aromatic heterocycles. The molecule has 23 heavy (non-hydrogen) atoms. The molecule has 1 atom stereocenters. The van der Waals surface area contributed by atoms with E-state index in [1.54, 1.807) is 16.2 Å². The van der Waals surface area contributed by atoms with E-state index in [1.807, 2.05) is 42.6 Å². The molecule has 2 heterocycles. The number of carbonyl (C=O) groups excluding carboxylic acids is 2. The third-order valence-electron chi connectivity index (χ3n) is 4.09. The smallest absolute Gasteiger partial charge is 0.239 e. The monoisotopic (exact) mass is 328 g/mol. The molecule has 1 unspecified atom stereocenters. The molecule has 1 aliphatic heterocycles. The summed E-state index contributed by atoms with van der Waals surface area (Å²) in [7, 11) is 0. The minimum atomic E-state index is -0.557. The first-order valence-electron chi connectivity index (χ1n) is 7.83. The molecule has 120 valence electrons. The number of benzene rings is 1. The SMILES string of the molecule is Cc1cccc(N2CCC(C(=O)NCCc3cccs3)C2=O)c1. The van der Waals surface area contributed by atoms with Gasteiger partial charge in [-0.1, -0.05) is 18.2 Å². The number of rotatable bonds is 5. The highest BCUT2D eigenvalue weighted by Gasteiger charge is 2.37. The van der Waals surface area contributed by atoms with Gasteiger partial charge in [0.2, 0.25) is 11.8 Å². The van der Waals surface area contributed by atoms with Crippen LogP contribution in [0.4, 0.5) is 5.69 Å². The number of aryl methyl sites for hydroxylation is 1. The second kappa shape index (κ2) is 6.96. The number of amides is 2. The predicted molar refractivity (Wildman–Crippen MR) is 92.7 cm³/mol. The fourth-order valence-electron chi connectivity index (χ4n) is 2.86. The molecule has 1 saturated heterocycles. The maximum absolute atomic E-state index is 12.5. The summed E-state index contributed by atoms with van der Waals surface area (Å²) >= 11 is 1.68. The molecule has 0 radical (unpaired) electrons. The molecule has 0 aliphatic carbocycles. The Balaban J connectivity index is 1.56. The van der Waals surface area contributed by atoms with Gasteiger partial charge in [0, 0.05) is 23.7 Å². The van der Waals surface area contributed by atoms with Crippen molar-refractivity contribution in [1.82, 2.24) is 5.32 Å². The Labute approximate surface area is 140 Å². The van der Waals surface area contributed by atoms with Gasteiger partial charge in [-0.25, -0.2) is 0 Å². The quantitative estimate of drug-likeness (QED) is 0.858. The minimum absolute atomic E-state index is 0.0933. The number of anilines is 1. The van der Waals surface area contributed by atoms with Crippen LogP contribution in [0.3, 0.4) is 0 Å². The Morgan fingerprint density at radius 2 is 2.22 bits per heavy atom. The van der Waals surface area contributed by atoms with Crippen molar-refractivity contribution >= 4 is 28.8 Å². The summed E-state index contributed by atoms with van der Waals surface area (Å²) in [5.74, 6) is -0.801. The highest BCUT2D eigenvalue weighted by Crippen LogP contribution is 2.26. The highest BCUT2D eigenvalue weighted by atomic mass is 32.1. The molecule has 0 saturated carbocycles. The zero-order valence-corrected chi connectivity index (χ0v) is 13.9. The molecule has 2 aromatic rings. The van der Waals surface area contributed by atoms with Crippen LogP contribution in [0.2, 0.25) is 0 Å². The Hall–Kier alpha value is -2.14. The average Bonchev–Trinajstić information content (AvgIpc) is 3.17. The molecule has 1 aliphatic rings. The van der Waals surface area contributed by atoms with Gasteiger partial charge < -0.3 is 10.2 Å². The third-order valence-corrected chi connectivity index (χ3v) is 5.02. The first-order valence-corrected chi connectivity index (χ1v) is 8.71. The van der Waals surface area contributed by atoms with E-state index in [4.69, 9.17) is 0 Å². The lowest BCUT2D eigenvalue weighted by atomic mass is 10.1. The van der Waals surface area contributed by atoms with Crippen LogP contribution in [0.25, 0.3) is 0 Å². The number of nitrogens with one attached hydrogen (secondary N) is 1. The van der Waals surface area contributed by atoms with Crippen molar-refractivity contribution in [1.29, 1.82) is 0 Å². The normalized spacial score (nSPS) is 17.5. The van der Waals surface area contributed by atoms with Gasteiger partial charge in [0.25, 0.3) is 0 Å². The van der Waals surface area contributed by atoms with Crippen LogP contribution in [-0.2, 0) is 16.0 Å². The zero-order chi connectivity index (χ0) is 16.2. The summed E-state index contributed by atoms with van der Waals surface area (Å²) in [4.78, 5) is 27.7. The maximum atomic E-state index is 12.5. The van der Waals surface area contributed by atoms with E-state index in [0.29, 0.717) is 19.5 Å². The van der Waals surface area contributed by atoms with Crippen LogP contribution < -0.4 is 10.2 Å². The predicted octanol–water partition coefficient (Wildman–Crippen LogP) is 2.77. The fourth-order valence-corrected chi connectivity index (χ4v) is 3.57. The topological polar surface area (TPSA) is 49.4 Å². The number of nitrogens with zero attached hydrogens (tertiary/aromatic N) is 1. The van der Waals surface area contributed by atoms with E-state index in [2.05, 4.69) is 11.4 Å². The molecule has 1 aromatic carbocycles. The van der Waals surface area contributed by atoms with E-state index in [0.717, 1.165) is 17.7 Å². The Morgan fingerprint density at radius 3 is 2.96 bits per heavy atom. The van der Waals surface area contributed by atoms with Crippen LogP contribution in [0.15, 0.2) is 41.8 Å². The van der Waals surface area contributed by atoms with Crippen LogP contribution in [0.5, 0.6) is 0 Å². The lowest BCUT2D eigenvalue weighted by molar-refractivity contribution is -0.132. The minimum Gasteiger partial charge on any atom is -0.355 e. The Kier molecular flexibility index (Phi) is 4.76. The van der Waals surface area contributed by atoms with E-state index in [1.165, 1.54) is 4.88 Å². The molecule has 1 N–H and O–H groups in total. The van der Waals surface area contributed by atoms with Gasteiger partial charge in [-0.3, -0.25) is 9.59 Å². The molecular formula is C18H20N2O2S. The van der Waals surface area contributed by atoms with Gasteiger partial charge in [0.15, 0.2) is 0 Å². The molecule has 4 nitrogen and oxygen atoms in total. The summed E-state index contributed by atoms with van der Waals surface area (Å²) in [5.41, 5.74) is 1.99. The van der Waals surface area contributed by atoms with Crippen LogP contribution in [0, 0.1) is 12.8 Å². The Bertz CT molecular complexity index is 697. The molecule has 0 spiro atoms. The van der Waals surface area contributed by atoms with Gasteiger partial charge in [-0.2, -0.15) is 0 Å². The van der Waals surface area contributed by atoms with E-state index in [-0.39, 0.29) is 11.8 Å². The standard InChI is InChI=1S/C18H20N2O2S/c1-13-4-2-5-14(12-13)20-10-8-16(18(20)22)17(21)19-9-7-15-6-3-11-23-15/h2-6,11-12,16H,7-10H2,1H3,(H,19,21). The number of thiophene rings is 1. The molecule has 1 fully saturated rings. The fraction of sp³-hybridized carbons (Fsp3) is 0.333. The van der Waals surface area contributed by atoms with E-state index in [9.17, 15) is 9.59 Å². The molecule has 3 rings (SSSR count). The van der Waals surface area contributed by atoms with Gasteiger partial charge in [0.1, 0.15) is 5.92 Å². The highest BCUT2D eigenvalue weighted by molar-refractivity contribution is 7.09. The summed E-state index contributed by atoms with van der Waals surface area (Å²) in [6.45, 7) is 3.18. The van der Waals surface area contributed by atoms with Crippen LogP contribution >= 0.6 is 11.3 Å². The molecular weight excluding hydrogens is 308 g/mol. The summed E-state index contributed by atoms with van der Waals surface area (Å²) in [5, 5.41) is 4.92. The van der Waals surface area contributed by atoms with E-state index < -0.39 is 5.92 Å². The van der Waals surface area contributed by atoms with Crippen molar-refractivity contribution in [3.05, 3.63) is 52.2 Å². The lowest BCUT2D eigenvalue weighted by Gasteiger charge is -2.17. The van der Waals surface area contributed by atoms with Crippen LogP contribution in [-0.4, -0.2) is 24.9 Å². The summed E-state index contributed by atoms with van der Waals surface area (Å²) < 4.78 is 0. The van der Waals surface area contributed by atoms with Gasteiger partial charge in [0.05, 0.1) is 0 Å².